The average Bonchev–Trinajstić information content (AvgIpc) is 3.23. The van der Waals surface area contributed by atoms with E-state index in [-0.39, 0.29) is 11.4 Å². The first-order valence-electron chi connectivity index (χ1n) is 9.85. The highest BCUT2D eigenvalue weighted by Gasteiger charge is 2.43. The van der Waals surface area contributed by atoms with Gasteiger partial charge in [-0.1, -0.05) is 17.7 Å². The quantitative estimate of drug-likeness (QED) is 0.821. The topological polar surface area (TPSA) is 50.2 Å². The van der Waals surface area contributed by atoms with E-state index in [1.807, 2.05) is 39.8 Å². The van der Waals surface area contributed by atoms with Gasteiger partial charge in [0, 0.05) is 54.1 Å². The zero-order chi connectivity index (χ0) is 18.7. The van der Waals surface area contributed by atoms with Gasteiger partial charge in [0.25, 0.3) is 0 Å². The van der Waals surface area contributed by atoms with Crippen molar-refractivity contribution in [3.05, 3.63) is 48.3 Å². The summed E-state index contributed by atoms with van der Waals surface area (Å²) in [5.41, 5.74) is 1.52. The molecule has 1 aliphatic carbocycles. The Morgan fingerprint density at radius 1 is 1.30 bits per heavy atom. The molecule has 0 unspecified atom stereocenters. The number of hydrogen-bond donors (Lipinski definition) is 1. The van der Waals surface area contributed by atoms with Gasteiger partial charge >= 0.3 is 6.03 Å². The molecule has 0 atom stereocenters. The van der Waals surface area contributed by atoms with Crippen LogP contribution < -0.4 is 5.32 Å². The van der Waals surface area contributed by atoms with Crippen molar-refractivity contribution in [2.45, 2.75) is 49.3 Å². The zero-order valence-corrected chi connectivity index (χ0v) is 16.8. The van der Waals surface area contributed by atoms with Crippen molar-refractivity contribution < 1.29 is 4.79 Å². The van der Waals surface area contributed by atoms with Crippen molar-refractivity contribution in [3.8, 4) is 0 Å². The molecule has 1 aromatic carbocycles. The normalized spacial score (nSPS) is 19.1. The number of benzene rings is 1. The summed E-state index contributed by atoms with van der Waals surface area (Å²) in [6.07, 6.45) is 8.27. The minimum absolute atomic E-state index is 0.0979. The van der Waals surface area contributed by atoms with Gasteiger partial charge in [-0.2, -0.15) is 5.10 Å². The van der Waals surface area contributed by atoms with Gasteiger partial charge in [0.1, 0.15) is 0 Å². The maximum absolute atomic E-state index is 12.6. The summed E-state index contributed by atoms with van der Waals surface area (Å²) < 4.78 is 1.98. The number of likely N-dealkylation sites (tertiary alicyclic amines) is 1. The Balaban J connectivity index is 1.21. The summed E-state index contributed by atoms with van der Waals surface area (Å²) in [5.74, 6) is 0. The van der Waals surface area contributed by atoms with Crippen LogP contribution in [0.1, 0.15) is 31.2 Å². The van der Waals surface area contributed by atoms with Crippen LogP contribution in [0.4, 0.5) is 4.79 Å². The van der Waals surface area contributed by atoms with Gasteiger partial charge in [-0.05, 0) is 50.8 Å². The number of aryl methyl sites for hydroxylation is 1. The number of amides is 2. The highest BCUT2D eigenvalue weighted by Crippen LogP contribution is 2.46. The van der Waals surface area contributed by atoms with Crippen molar-refractivity contribution in [3.63, 3.8) is 0 Å². The number of thioether (sulfide) groups is 1. The number of carbonyl (C=O) groups excluding carboxylic acids is 1. The molecule has 1 N–H and O–H groups in total. The van der Waals surface area contributed by atoms with Crippen LogP contribution in [0.5, 0.6) is 0 Å². The fourth-order valence-electron chi connectivity index (χ4n) is 3.74. The van der Waals surface area contributed by atoms with Gasteiger partial charge in [-0.25, -0.2) is 4.79 Å². The highest BCUT2D eigenvalue weighted by molar-refractivity contribution is 8.00. The van der Waals surface area contributed by atoms with Crippen LogP contribution in [0.15, 0.2) is 47.6 Å². The summed E-state index contributed by atoms with van der Waals surface area (Å²) in [6, 6.07) is 10.7. The predicted molar refractivity (Wildman–Crippen MR) is 109 cm³/mol. The van der Waals surface area contributed by atoms with Gasteiger partial charge in [0.05, 0.1) is 0 Å². The molecule has 144 valence electrons. The van der Waals surface area contributed by atoms with E-state index in [1.54, 1.807) is 0 Å². The summed E-state index contributed by atoms with van der Waals surface area (Å²) in [7, 11) is 0. The van der Waals surface area contributed by atoms with Crippen LogP contribution >= 0.6 is 11.8 Å². The molecule has 27 heavy (non-hydrogen) atoms. The Kier molecular flexibility index (Phi) is 5.43. The molecule has 4 rings (SSSR count). The summed E-state index contributed by atoms with van der Waals surface area (Å²) in [4.78, 5) is 15.9. The number of urea groups is 1. The fraction of sp³-hybridized carbons (Fsp3) is 0.524. The van der Waals surface area contributed by atoms with Crippen molar-refractivity contribution in [1.82, 2.24) is 20.0 Å². The van der Waals surface area contributed by atoms with Gasteiger partial charge in [-0.15, -0.1) is 11.8 Å². The zero-order valence-electron chi connectivity index (χ0n) is 15.9. The molecule has 6 heteroatoms. The Labute approximate surface area is 165 Å². The number of piperidine rings is 1. The van der Waals surface area contributed by atoms with Crippen molar-refractivity contribution in [2.75, 3.05) is 19.6 Å². The third-order valence-electron chi connectivity index (χ3n) is 5.65. The van der Waals surface area contributed by atoms with Gasteiger partial charge in [0.15, 0.2) is 0 Å². The molecule has 1 saturated heterocycles. The molecule has 2 fully saturated rings. The van der Waals surface area contributed by atoms with E-state index >= 15 is 0 Å². The minimum atomic E-state index is 0.0979. The van der Waals surface area contributed by atoms with Crippen LogP contribution in [0.2, 0.25) is 0 Å². The molecule has 2 aromatic rings. The monoisotopic (exact) mass is 384 g/mol. The lowest BCUT2D eigenvalue weighted by molar-refractivity contribution is 0.184. The number of nitrogens with one attached hydrogen (secondary N) is 1. The maximum Gasteiger partial charge on any atom is 0.317 e. The first kappa shape index (κ1) is 18.4. The fourth-order valence-corrected chi connectivity index (χ4v) is 4.98. The van der Waals surface area contributed by atoms with E-state index in [0.29, 0.717) is 5.25 Å². The van der Waals surface area contributed by atoms with Gasteiger partial charge in [-0.3, -0.25) is 4.68 Å². The Morgan fingerprint density at radius 2 is 2.11 bits per heavy atom. The SMILES string of the molecule is Cc1cccc(SC2CCN(C(=O)NCC3(Cn4cccn4)CC3)CC2)c1. The molecule has 2 amide bonds. The molecule has 0 radical (unpaired) electrons. The molecule has 0 spiro atoms. The second-order valence-corrected chi connectivity index (χ2v) is 9.36. The van der Waals surface area contributed by atoms with Crippen LogP contribution in [0.25, 0.3) is 0 Å². The second kappa shape index (κ2) is 7.97. The first-order valence-corrected chi connectivity index (χ1v) is 10.7. The van der Waals surface area contributed by atoms with Crippen molar-refractivity contribution >= 4 is 17.8 Å². The molecule has 2 heterocycles. The maximum atomic E-state index is 12.6. The largest absolute Gasteiger partial charge is 0.337 e. The smallest absolute Gasteiger partial charge is 0.317 e. The van der Waals surface area contributed by atoms with Gasteiger partial charge < -0.3 is 10.2 Å². The first-order chi connectivity index (χ1) is 13.1. The Hall–Kier alpha value is -1.95. The van der Waals surface area contributed by atoms with Crippen LogP contribution in [0, 0.1) is 12.3 Å². The van der Waals surface area contributed by atoms with E-state index in [2.05, 4.69) is 41.6 Å². The standard InChI is InChI=1S/C21H28N4OS/c1-17-4-2-5-19(14-17)27-18-6-12-24(13-7-18)20(26)22-15-21(8-9-21)16-25-11-3-10-23-25/h2-5,10-11,14,18H,6-9,12-13,15-16H2,1H3,(H,22,26). The van der Waals surface area contributed by atoms with Crippen LogP contribution in [-0.4, -0.2) is 45.6 Å². The van der Waals surface area contributed by atoms with E-state index in [1.165, 1.54) is 23.3 Å². The predicted octanol–water partition coefficient (Wildman–Crippen LogP) is 3.94. The summed E-state index contributed by atoms with van der Waals surface area (Å²) in [6.45, 7) is 5.48. The lowest BCUT2D eigenvalue weighted by atomic mass is 10.1. The van der Waals surface area contributed by atoms with Gasteiger partial charge in [0.2, 0.25) is 0 Å². The molecule has 1 aliphatic heterocycles. The minimum Gasteiger partial charge on any atom is -0.337 e. The number of aromatic nitrogens is 2. The number of hydrogen-bond acceptors (Lipinski definition) is 3. The Bertz CT molecular complexity index is 764. The summed E-state index contributed by atoms with van der Waals surface area (Å²) >= 11 is 1.95. The van der Waals surface area contributed by atoms with E-state index in [4.69, 9.17) is 0 Å². The molecule has 1 saturated carbocycles. The lowest BCUT2D eigenvalue weighted by Gasteiger charge is -2.32. The average molecular weight is 385 g/mol. The van der Waals surface area contributed by atoms with Crippen LogP contribution in [0.3, 0.4) is 0 Å². The molecular formula is C21H28N4OS. The molecule has 2 aliphatic rings. The molecular weight excluding hydrogens is 356 g/mol. The number of carbonyl (C=O) groups is 1. The number of nitrogens with zero attached hydrogens (tertiary/aromatic N) is 3. The third kappa shape index (κ3) is 4.86. The highest BCUT2D eigenvalue weighted by atomic mass is 32.2. The molecule has 1 aromatic heterocycles. The molecule has 5 nitrogen and oxygen atoms in total. The second-order valence-electron chi connectivity index (χ2n) is 7.98. The lowest BCUT2D eigenvalue weighted by Crippen LogP contribution is -2.46. The van der Waals surface area contributed by atoms with Crippen LogP contribution in [-0.2, 0) is 6.54 Å². The van der Waals surface area contributed by atoms with E-state index in [9.17, 15) is 4.79 Å². The van der Waals surface area contributed by atoms with E-state index in [0.717, 1.165) is 39.0 Å². The van der Waals surface area contributed by atoms with Crippen molar-refractivity contribution in [2.24, 2.45) is 5.41 Å². The summed E-state index contributed by atoms with van der Waals surface area (Å²) in [5, 5.41) is 8.08. The third-order valence-corrected chi connectivity index (χ3v) is 6.98. The van der Waals surface area contributed by atoms with E-state index < -0.39 is 0 Å². The molecule has 0 bridgehead atoms. The Morgan fingerprint density at radius 3 is 2.78 bits per heavy atom. The van der Waals surface area contributed by atoms with Crippen molar-refractivity contribution in [1.29, 1.82) is 0 Å². The number of rotatable bonds is 6.